The zero-order valence-corrected chi connectivity index (χ0v) is 8.53. The van der Waals surface area contributed by atoms with Crippen LogP contribution in [0.25, 0.3) is 0 Å². The molecule has 0 bridgehead atoms. The van der Waals surface area contributed by atoms with Crippen LogP contribution in [-0.4, -0.2) is 30.7 Å². The molecule has 1 fully saturated rings. The fourth-order valence-electron chi connectivity index (χ4n) is 1.68. The zero-order chi connectivity index (χ0) is 10.2. The van der Waals surface area contributed by atoms with Crippen molar-refractivity contribution in [2.24, 2.45) is 5.73 Å². The van der Waals surface area contributed by atoms with E-state index in [0.717, 1.165) is 18.9 Å². The molecule has 76 valence electrons. The van der Waals surface area contributed by atoms with Crippen LogP contribution >= 0.6 is 0 Å². The first-order valence-electron chi connectivity index (χ1n) is 4.66. The maximum absolute atomic E-state index is 5.92. The van der Waals surface area contributed by atoms with Crippen molar-refractivity contribution in [2.45, 2.75) is 12.5 Å². The Bertz CT molecular complexity index is 330. The van der Waals surface area contributed by atoms with Crippen molar-refractivity contribution in [2.75, 3.05) is 25.1 Å². The number of nitrogens with two attached hydrogens (primary N) is 1. The maximum atomic E-state index is 5.92. The van der Waals surface area contributed by atoms with Gasteiger partial charge in [0.2, 0.25) is 5.88 Å². The Morgan fingerprint density at radius 1 is 1.50 bits per heavy atom. The zero-order valence-electron chi connectivity index (χ0n) is 8.53. The molecule has 4 heteroatoms. The molecule has 1 aliphatic rings. The van der Waals surface area contributed by atoms with E-state index in [-0.39, 0.29) is 5.54 Å². The average Bonchev–Trinajstić information content (AvgIpc) is 2.14. The van der Waals surface area contributed by atoms with Crippen LogP contribution in [0.4, 0.5) is 5.82 Å². The van der Waals surface area contributed by atoms with Crippen LogP contribution in [0.15, 0.2) is 18.2 Å². The molecule has 0 atom stereocenters. The summed E-state index contributed by atoms with van der Waals surface area (Å²) in [6.45, 7) is 3.75. The van der Waals surface area contributed by atoms with Gasteiger partial charge in [-0.2, -0.15) is 4.98 Å². The van der Waals surface area contributed by atoms with Gasteiger partial charge in [-0.25, -0.2) is 0 Å². The minimum atomic E-state index is -0.0647. The van der Waals surface area contributed by atoms with Crippen LogP contribution in [0, 0.1) is 0 Å². The molecular weight excluding hydrogens is 178 g/mol. The molecule has 2 N–H and O–H groups in total. The normalized spacial score (nSPS) is 18.9. The lowest BCUT2D eigenvalue weighted by Crippen LogP contribution is -2.65. The number of methoxy groups -OCH3 is 1. The van der Waals surface area contributed by atoms with E-state index >= 15 is 0 Å². The van der Waals surface area contributed by atoms with Crippen molar-refractivity contribution in [3.63, 3.8) is 0 Å². The molecular formula is C10H15N3O. The monoisotopic (exact) mass is 193 g/mol. The van der Waals surface area contributed by atoms with Crippen LogP contribution < -0.4 is 15.4 Å². The fourth-order valence-corrected chi connectivity index (χ4v) is 1.68. The van der Waals surface area contributed by atoms with E-state index in [9.17, 15) is 0 Å². The van der Waals surface area contributed by atoms with Gasteiger partial charge in [-0.05, 0) is 13.0 Å². The Morgan fingerprint density at radius 3 is 2.79 bits per heavy atom. The first kappa shape index (κ1) is 9.27. The van der Waals surface area contributed by atoms with Crippen molar-refractivity contribution in [3.05, 3.63) is 18.2 Å². The number of hydrogen-bond acceptors (Lipinski definition) is 4. The second-order valence-corrected chi connectivity index (χ2v) is 4.05. The number of ether oxygens (including phenoxy) is 1. The molecule has 0 radical (unpaired) electrons. The highest BCUT2D eigenvalue weighted by Gasteiger charge is 2.35. The van der Waals surface area contributed by atoms with Crippen molar-refractivity contribution in [1.29, 1.82) is 0 Å². The molecule has 0 aromatic carbocycles. The first-order chi connectivity index (χ1) is 6.61. The number of aromatic nitrogens is 1. The Balaban J connectivity index is 2.11. The summed E-state index contributed by atoms with van der Waals surface area (Å²) in [5.74, 6) is 1.58. The van der Waals surface area contributed by atoms with E-state index in [4.69, 9.17) is 10.5 Å². The van der Waals surface area contributed by atoms with Gasteiger partial charge in [-0.1, -0.05) is 6.07 Å². The van der Waals surface area contributed by atoms with Crippen LogP contribution in [0.2, 0.25) is 0 Å². The van der Waals surface area contributed by atoms with Crippen LogP contribution in [0.5, 0.6) is 5.88 Å². The molecule has 0 unspecified atom stereocenters. The lowest BCUT2D eigenvalue weighted by atomic mass is 9.94. The molecule has 4 nitrogen and oxygen atoms in total. The van der Waals surface area contributed by atoms with Gasteiger partial charge in [-0.15, -0.1) is 0 Å². The predicted molar refractivity (Wildman–Crippen MR) is 55.6 cm³/mol. The molecule has 0 amide bonds. The highest BCUT2D eigenvalue weighted by Crippen LogP contribution is 2.25. The quantitative estimate of drug-likeness (QED) is 0.748. The Morgan fingerprint density at radius 2 is 2.21 bits per heavy atom. The van der Waals surface area contributed by atoms with Crippen molar-refractivity contribution >= 4 is 5.82 Å². The third kappa shape index (κ3) is 1.65. The third-order valence-corrected chi connectivity index (χ3v) is 2.35. The second kappa shape index (κ2) is 3.13. The van der Waals surface area contributed by atoms with Gasteiger partial charge in [0.15, 0.2) is 0 Å². The van der Waals surface area contributed by atoms with Gasteiger partial charge in [0, 0.05) is 24.7 Å². The van der Waals surface area contributed by atoms with Crippen molar-refractivity contribution in [1.82, 2.24) is 4.98 Å². The minimum absolute atomic E-state index is 0.0647. The van der Waals surface area contributed by atoms with Gasteiger partial charge >= 0.3 is 0 Å². The number of anilines is 1. The minimum Gasteiger partial charge on any atom is -0.481 e. The average molecular weight is 193 g/mol. The number of rotatable bonds is 2. The highest BCUT2D eigenvalue weighted by atomic mass is 16.5. The fraction of sp³-hybridized carbons (Fsp3) is 0.500. The van der Waals surface area contributed by atoms with Crippen LogP contribution in [0.1, 0.15) is 6.92 Å². The van der Waals surface area contributed by atoms with Gasteiger partial charge < -0.3 is 15.4 Å². The molecule has 1 aromatic heterocycles. The summed E-state index contributed by atoms with van der Waals surface area (Å²) < 4.78 is 5.06. The molecule has 0 spiro atoms. The summed E-state index contributed by atoms with van der Waals surface area (Å²) in [5, 5.41) is 0. The van der Waals surface area contributed by atoms with E-state index in [0.29, 0.717) is 5.88 Å². The predicted octanol–water partition coefficient (Wildman–Crippen LogP) is 0.628. The highest BCUT2D eigenvalue weighted by molar-refractivity contribution is 5.45. The lowest BCUT2D eigenvalue weighted by Gasteiger charge is -2.46. The molecule has 2 heterocycles. The second-order valence-electron chi connectivity index (χ2n) is 4.05. The smallest absolute Gasteiger partial charge is 0.214 e. The van der Waals surface area contributed by atoms with Crippen LogP contribution in [0.3, 0.4) is 0 Å². The van der Waals surface area contributed by atoms with Crippen molar-refractivity contribution < 1.29 is 4.74 Å². The van der Waals surface area contributed by atoms with E-state index in [1.807, 2.05) is 25.1 Å². The maximum Gasteiger partial charge on any atom is 0.214 e. The summed E-state index contributed by atoms with van der Waals surface area (Å²) >= 11 is 0. The largest absolute Gasteiger partial charge is 0.481 e. The SMILES string of the molecule is COc1cccc(N2CC(C)(N)C2)n1. The standard InChI is InChI=1S/C10H15N3O/c1-10(11)6-13(7-10)8-4-3-5-9(12-8)14-2/h3-5H,6-7,11H2,1-2H3. The van der Waals surface area contributed by atoms with E-state index < -0.39 is 0 Å². The Kier molecular flexibility index (Phi) is 2.07. The van der Waals surface area contributed by atoms with Crippen LogP contribution in [-0.2, 0) is 0 Å². The summed E-state index contributed by atoms with van der Waals surface area (Å²) in [4.78, 5) is 6.47. The summed E-state index contributed by atoms with van der Waals surface area (Å²) in [5.41, 5.74) is 5.85. The topological polar surface area (TPSA) is 51.4 Å². The summed E-state index contributed by atoms with van der Waals surface area (Å²) in [7, 11) is 1.62. The summed E-state index contributed by atoms with van der Waals surface area (Å²) in [6, 6.07) is 5.75. The molecule has 1 aromatic rings. The third-order valence-electron chi connectivity index (χ3n) is 2.35. The number of pyridine rings is 1. The Labute approximate surface area is 83.7 Å². The molecule has 1 saturated heterocycles. The van der Waals surface area contributed by atoms with E-state index in [1.165, 1.54) is 0 Å². The van der Waals surface area contributed by atoms with E-state index in [1.54, 1.807) is 7.11 Å². The van der Waals surface area contributed by atoms with Gasteiger partial charge in [-0.3, -0.25) is 0 Å². The van der Waals surface area contributed by atoms with Gasteiger partial charge in [0.25, 0.3) is 0 Å². The lowest BCUT2D eigenvalue weighted by molar-refractivity contribution is 0.358. The molecule has 0 saturated carbocycles. The number of hydrogen-bond donors (Lipinski definition) is 1. The van der Waals surface area contributed by atoms with E-state index in [2.05, 4.69) is 9.88 Å². The first-order valence-corrected chi connectivity index (χ1v) is 4.66. The van der Waals surface area contributed by atoms with Gasteiger partial charge in [0.1, 0.15) is 5.82 Å². The molecule has 2 rings (SSSR count). The van der Waals surface area contributed by atoms with Gasteiger partial charge in [0.05, 0.1) is 7.11 Å². The Hall–Kier alpha value is -1.29. The molecule has 1 aliphatic heterocycles. The molecule has 14 heavy (non-hydrogen) atoms. The molecule has 0 aliphatic carbocycles. The van der Waals surface area contributed by atoms with Crippen molar-refractivity contribution in [3.8, 4) is 5.88 Å². The summed E-state index contributed by atoms with van der Waals surface area (Å²) in [6.07, 6.45) is 0. The number of nitrogens with zero attached hydrogens (tertiary/aromatic N) is 2.